The van der Waals surface area contributed by atoms with Gasteiger partial charge in [0.15, 0.2) is 0 Å². The molecular weight excluding hydrogens is 685 g/mol. The molecular formula is C52H42N2S. The Bertz CT molecular complexity index is 2710. The molecule has 0 N–H and O–H groups in total. The zero-order valence-electron chi connectivity index (χ0n) is 31.4. The van der Waals surface area contributed by atoms with Crippen LogP contribution in [0.4, 0.5) is 34.1 Å². The first kappa shape index (κ1) is 34.4. The molecule has 0 saturated heterocycles. The summed E-state index contributed by atoms with van der Waals surface area (Å²) < 4.78 is 2.58. The number of para-hydroxylation sites is 2. The summed E-state index contributed by atoms with van der Waals surface area (Å²) in [4.78, 5) is 4.90. The summed E-state index contributed by atoms with van der Waals surface area (Å²) in [6.07, 6.45) is 0. The second kappa shape index (κ2) is 14.4. The molecule has 0 radical (unpaired) electrons. The molecule has 0 aliphatic heterocycles. The van der Waals surface area contributed by atoms with Gasteiger partial charge in [-0.05, 0) is 94.4 Å². The van der Waals surface area contributed by atoms with E-state index < -0.39 is 0 Å². The number of fused-ring (bicyclic) bond motifs is 3. The van der Waals surface area contributed by atoms with Crippen molar-refractivity contribution in [2.45, 2.75) is 26.2 Å². The minimum absolute atomic E-state index is 0.143. The van der Waals surface area contributed by atoms with Crippen LogP contribution < -0.4 is 9.80 Å². The van der Waals surface area contributed by atoms with E-state index in [4.69, 9.17) is 0 Å². The quantitative estimate of drug-likeness (QED) is 0.154. The van der Waals surface area contributed by atoms with E-state index in [1.807, 2.05) is 11.3 Å². The van der Waals surface area contributed by atoms with Crippen molar-refractivity contribution in [3.05, 3.63) is 206 Å². The second-order valence-corrected chi connectivity index (χ2v) is 16.1. The van der Waals surface area contributed by atoms with Gasteiger partial charge in [0.05, 0.1) is 11.4 Å². The molecule has 0 aliphatic carbocycles. The van der Waals surface area contributed by atoms with E-state index in [2.05, 4.69) is 231 Å². The summed E-state index contributed by atoms with van der Waals surface area (Å²) in [5.41, 5.74) is 12.5. The summed E-state index contributed by atoms with van der Waals surface area (Å²) in [6, 6.07) is 72.7. The van der Waals surface area contributed by atoms with E-state index in [0.717, 1.165) is 45.3 Å². The Balaban J connectivity index is 1.35. The topological polar surface area (TPSA) is 6.48 Å². The maximum Gasteiger partial charge on any atom is 0.0564 e. The number of rotatable bonds is 8. The zero-order chi connectivity index (χ0) is 37.4. The average molecular weight is 727 g/mol. The Kier molecular flexibility index (Phi) is 9.01. The monoisotopic (exact) mass is 726 g/mol. The normalized spacial score (nSPS) is 11.5. The number of hydrogen-bond donors (Lipinski definition) is 0. The SMILES string of the molecule is CC(C)(C)c1cc(N(c2ccccc2)c2ccc(-c3ccccc3)cc2)c(-c2ccccc2)c(N(c2ccccc2)c2ccc3c(c2)sc2ccccc23)c1. The molecule has 0 saturated carbocycles. The largest absolute Gasteiger partial charge is 0.310 e. The lowest BCUT2D eigenvalue weighted by Crippen LogP contribution is -2.19. The molecule has 8 aromatic carbocycles. The molecule has 9 aromatic rings. The minimum atomic E-state index is -0.143. The van der Waals surface area contributed by atoms with Crippen LogP contribution in [0.2, 0.25) is 0 Å². The van der Waals surface area contributed by atoms with Crippen LogP contribution in [0.1, 0.15) is 26.3 Å². The predicted octanol–water partition coefficient (Wildman–Crippen LogP) is 15.6. The molecule has 0 amide bonds. The van der Waals surface area contributed by atoms with Gasteiger partial charge in [0.2, 0.25) is 0 Å². The average Bonchev–Trinajstić information content (AvgIpc) is 3.60. The highest BCUT2D eigenvalue weighted by Crippen LogP contribution is 2.51. The highest BCUT2D eigenvalue weighted by atomic mass is 32.1. The third kappa shape index (κ3) is 6.69. The van der Waals surface area contributed by atoms with Gasteiger partial charge < -0.3 is 9.80 Å². The Labute approximate surface area is 328 Å². The van der Waals surface area contributed by atoms with Crippen LogP contribution >= 0.6 is 11.3 Å². The molecule has 266 valence electrons. The van der Waals surface area contributed by atoms with Crippen LogP contribution in [0, 0.1) is 0 Å². The van der Waals surface area contributed by atoms with Gasteiger partial charge in [-0.25, -0.2) is 0 Å². The van der Waals surface area contributed by atoms with Gasteiger partial charge in [-0.3, -0.25) is 0 Å². The van der Waals surface area contributed by atoms with E-state index >= 15 is 0 Å². The van der Waals surface area contributed by atoms with Gasteiger partial charge in [-0.1, -0.05) is 154 Å². The molecule has 1 heterocycles. The molecule has 55 heavy (non-hydrogen) atoms. The molecule has 0 unspecified atom stereocenters. The molecule has 0 bridgehead atoms. The van der Waals surface area contributed by atoms with Crippen molar-refractivity contribution in [3.8, 4) is 22.3 Å². The van der Waals surface area contributed by atoms with Crippen LogP contribution in [-0.2, 0) is 5.41 Å². The van der Waals surface area contributed by atoms with Crippen molar-refractivity contribution < 1.29 is 0 Å². The fourth-order valence-electron chi connectivity index (χ4n) is 7.59. The van der Waals surface area contributed by atoms with Crippen molar-refractivity contribution in [2.24, 2.45) is 0 Å². The molecule has 2 nitrogen and oxygen atoms in total. The van der Waals surface area contributed by atoms with Crippen LogP contribution in [0.3, 0.4) is 0 Å². The highest BCUT2D eigenvalue weighted by molar-refractivity contribution is 7.25. The van der Waals surface area contributed by atoms with E-state index in [1.165, 1.54) is 36.9 Å². The Morgan fingerprint density at radius 1 is 0.364 bits per heavy atom. The first-order chi connectivity index (χ1) is 26.9. The van der Waals surface area contributed by atoms with E-state index in [1.54, 1.807) is 0 Å². The van der Waals surface area contributed by atoms with Crippen molar-refractivity contribution in [2.75, 3.05) is 9.80 Å². The number of hydrogen-bond acceptors (Lipinski definition) is 3. The van der Waals surface area contributed by atoms with Gasteiger partial charge in [0.1, 0.15) is 0 Å². The fraction of sp³-hybridized carbons (Fsp3) is 0.0769. The highest BCUT2D eigenvalue weighted by Gasteiger charge is 2.28. The second-order valence-electron chi connectivity index (χ2n) is 15.0. The van der Waals surface area contributed by atoms with Crippen molar-refractivity contribution in [3.63, 3.8) is 0 Å². The van der Waals surface area contributed by atoms with Crippen LogP contribution in [-0.4, -0.2) is 0 Å². The number of nitrogens with zero attached hydrogens (tertiary/aromatic N) is 2. The van der Waals surface area contributed by atoms with E-state index in [0.29, 0.717) is 0 Å². The van der Waals surface area contributed by atoms with Gasteiger partial charge in [0, 0.05) is 48.5 Å². The maximum absolute atomic E-state index is 2.46. The Morgan fingerprint density at radius 3 is 1.38 bits per heavy atom. The van der Waals surface area contributed by atoms with Crippen molar-refractivity contribution in [1.29, 1.82) is 0 Å². The lowest BCUT2D eigenvalue weighted by Gasteiger charge is -2.35. The zero-order valence-corrected chi connectivity index (χ0v) is 32.2. The molecule has 9 rings (SSSR count). The van der Waals surface area contributed by atoms with E-state index in [-0.39, 0.29) is 5.41 Å². The molecule has 1 aromatic heterocycles. The standard InChI is InChI=1S/C52H42N2S/c1-52(2,3)40-34-47(53(41-22-12-6-13-23-41)43-30-28-38(29-31-43)37-18-8-4-9-19-37)51(39-20-10-5-11-21-39)48(35-40)54(42-24-14-7-15-25-42)44-32-33-46-45-26-16-17-27-49(45)55-50(46)36-44/h4-36H,1-3H3. The lowest BCUT2D eigenvalue weighted by atomic mass is 9.84. The van der Waals surface area contributed by atoms with Crippen LogP contribution in [0.5, 0.6) is 0 Å². The summed E-state index contributed by atoms with van der Waals surface area (Å²) in [5.74, 6) is 0. The van der Waals surface area contributed by atoms with Crippen molar-refractivity contribution in [1.82, 2.24) is 0 Å². The number of benzene rings is 8. The third-order valence-corrected chi connectivity index (χ3v) is 11.5. The predicted molar refractivity (Wildman–Crippen MR) is 238 cm³/mol. The Morgan fingerprint density at radius 2 is 0.800 bits per heavy atom. The number of anilines is 6. The van der Waals surface area contributed by atoms with Gasteiger partial charge >= 0.3 is 0 Å². The molecule has 0 aliphatic rings. The smallest absolute Gasteiger partial charge is 0.0564 e. The maximum atomic E-state index is 2.46. The van der Waals surface area contributed by atoms with Gasteiger partial charge in [0.25, 0.3) is 0 Å². The summed E-state index contributed by atoms with van der Waals surface area (Å²) in [5, 5.41) is 2.60. The molecule has 3 heteroatoms. The summed E-state index contributed by atoms with van der Waals surface area (Å²) in [6.45, 7) is 6.95. The van der Waals surface area contributed by atoms with Gasteiger partial charge in [-0.15, -0.1) is 11.3 Å². The van der Waals surface area contributed by atoms with Crippen LogP contribution in [0.15, 0.2) is 200 Å². The number of thiophene rings is 1. The Hall–Kier alpha value is -6.42. The minimum Gasteiger partial charge on any atom is -0.310 e. The molecule has 0 spiro atoms. The first-order valence-electron chi connectivity index (χ1n) is 18.9. The first-order valence-corrected chi connectivity index (χ1v) is 19.8. The van der Waals surface area contributed by atoms with Crippen molar-refractivity contribution >= 4 is 65.6 Å². The molecule has 0 fully saturated rings. The lowest BCUT2D eigenvalue weighted by molar-refractivity contribution is 0.590. The van der Waals surface area contributed by atoms with E-state index in [9.17, 15) is 0 Å². The fourth-order valence-corrected chi connectivity index (χ4v) is 8.73. The summed E-state index contributed by atoms with van der Waals surface area (Å²) >= 11 is 1.86. The third-order valence-electron chi connectivity index (χ3n) is 10.4. The van der Waals surface area contributed by atoms with Crippen LogP contribution in [0.25, 0.3) is 42.4 Å². The van der Waals surface area contributed by atoms with Gasteiger partial charge in [-0.2, -0.15) is 0 Å². The summed E-state index contributed by atoms with van der Waals surface area (Å²) in [7, 11) is 0. The molecule has 0 atom stereocenters.